The summed E-state index contributed by atoms with van der Waals surface area (Å²) in [5.74, 6) is -7.93. The van der Waals surface area contributed by atoms with Crippen LogP contribution in [-0.2, 0) is 38.4 Å². The monoisotopic (exact) mass is 740 g/mol. The highest BCUT2D eigenvalue weighted by Crippen LogP contribution is 2.07. The van der Waals surface area contributed by atoms with Crippen LogP contribution >= 0.6 is 37.9 Å². The first-order valence-corrected chi connectivity index (χ1v) is 16.8. The summed E-state index contributed by atoms with van der Waals surface area (Å²) < 4.78 is 0. The van der Waals surface area contributed by atoms with Crippen LogP contribution in [0.2, 0.25) is 0 Å². The molecule has 18 nitrogen and oxygen atoms in total. The van der Waals surface area contributed by atoms with E-state index in [0.717, 1.165) is 0 Å². The van der Waals surface area contributed by atoms with Gasteiger partial charge in [0.05, 0.1) is 19.7 Å². The summed E-state index contributed by atoms with van der Waals surface area (Å²) in [7, 11) is 0. The van der Waals surface area contributed by atoms with E-state index in [0.29, 0.717) is 0 Å². The van der Waals surface area contributed by atoms with Gasteiger partial charge < -0.3 is 53.2 Å². The van der Waals surface area contributed by atoms with E-state index in [4.69, 9.17) is 5.73 Å². The summed E-state index contributed by atoms with van der Waals surface area (Å²) in [5, 5.41) is 35.4. The molecule has 0 aromatic heterocycles. The second kappa shape index (κ2) is 23.1. The van der Waals surface area contributed by atoms with Gasteiger partial charge in [-0.25, -0.2) is 4.79 Å². The minimum atomic E-state index is -1.53. The van der Waals surface area contributed by atoms with Crippen LogP contribution < -0.4 is 43.0 Å². The molecule has 0 rings (SSSR count). The molecular weight excluding hydrogens is 693 g/mol. The number of rotatable bonds is 22. The first-order valence-electron chi connectivity index (χ1n) is 14.9. The van der Waals surface area contributed by atoms with Gasteiger partial charge in [-0.1, -0.05) is 27.7 Å². The van der Waals surface area contributed by atoms with Gasteiger partial charge in [-0.3, -0.25) is 33.6 Å². The van der Waals surface area contributed by atoms with E-state index in [1.807, 2.05) is 0 Å². The van der Waals surface area contributed by atoms with Crippen molar-refractivity contribution in [3.8, 4) is 0 Å². The highest BCUT2D eigenvalue weighted by molar-refractivity contribution is 7.80. The lowest BCUT2D eigenvalue weighted by molar-refractivity contribution is -0.141. The van der Waals surface area contributed by atoms with E-state index in [9.17, 15) is 48.6 Å². The molecule has 274 valence electrons. The van der Waals surface area contributed by atoms with Crippen molar-refractivity contribution in [3.05, 3.63) is 0 Å². The fourth-order valence-corrected chi connectivity index (χ4v) is 4.62. The molecule has 0 aliphatic heterocycles. The Morgan fingerprint density at radius 3 is 1.50 bits per heavy atom. The third-order valence-corrected chi connectivity index (χ3v) is 7.57. The smallest absolute Gasteiger partial charge is 0.327 e. The topological polar surface area (TPSA) is 287 Å². The molecule has 0 aromatic carbocycles. The molecule has 0 bridgehead atoms. The van der Waals surface area contributed by atoms with Gasteiger partial charge in [-0.15, -0.1) is 0 Å². The molecular formula is C27H48N8O10S3. The van der Waals surface area contributed by atoms with Crippen LogP contribution in [0.1, 0.15) is 34.1 Å². The molecule has 6 atom stereocenters. The van der Waals surface area contributed by atoms with Gasteiger partial charge >= 0.3 is 5.97 Å². The molecule has 0 heterocycles. The molecule has 0 aromatic rings. The van der Waals surface area contributed by atoms with Crippen LogP contribution in [0.5, 0.6) is 0 Å². The van der Waals surface area contributed by atoms with Crippen LogP contribution in [0.25, 0.3) is 0 Å². The number of carboxylic acids is 1. The normalized spacial score (nSPS) is 14.7. The number of carbonyl (C=O) groups is 8. The highest BCUT2D eigenvalue weighted by Gasteiger charge is 2.32. The van der Waals surface area contributed by atoms with E-state index in [1.54, 1.807) is 27.7 Å². The van der Waals surface area contributed by atoms with Gasteiger partial charge in [0.2, 0.25) is 41.4 Å². The number of hydrogen-bond acceptors (Lipinski definition) is 13. The molecule has 0 aliphatic rings. The van der Waals surface area contributed by atoms with Crippen LogP contribution in [0.3, 0.4) is 0 Å². The van der Waals surface area contributed by atoms with E-state index < -0.39 is 103 Å². The second-order valence-corrected chi connectivity index (χ2v) is 12.4. The molecule has 21 heteroatoms. The van der Waals surface area contributed by atoms with Crippen LogP contribution in [0.4, 0.5) is 0 Å². The molecule has 0 saturated heterocycles. The number of amides is 7. The maximum absolute atomic E-state index is 13.0. The summed E-state index contributed by atoms with van der Waals surface area (Å²) in [6, 6.07) is -7.52. The van der Waals surface area contributed by atoms with Gasteiger partial charge in [0.15, 0.2) is 0 Å². The predicted molar refractivity (Wildman–Crippen MR) is 184 cm³/mol. The van der Waals surface area contributed by atoms with E-state index >= 15 is 0 Å². The lowest BCUT2D eigenvalue weighted by Gasteiger charge is -2.26. The maximum atomic E-state index is 13.0. The lowest BCUT2D eigenvalue weighted by Crippen LogP contribution is -2.60. The highest BCUT2D eigenvalue weighted by atomic mass is 32.1. The van der Waals surface area contributed by atoms with Gasteiger partial charge in [-0.2, -0.15) is 37.9 Å². The minimum absolute atomic E-state index is 0.0828. The third kappa shape index (κ3) is 16.2. The van der Waals surface area contributed by atoms with Crippen molar-refractivity contribution in [2.24, 2.45) is 17.6 Å². The number of aliphatic hydroxyl groups excluding tert-OH is 1. The van der Waals surface area contributed by atoms with Crippen molar-refractivity contribution >= 4 is 85.2 Å². The summed E-state index contributed by atoms with van der Waals surface area (Å²) in [5.41, 5.74) is 5.25. The summed E-state index contributed by atoms with van der Waals surface area (Å²) in [6.07, 6.45) is 0.149. The summed E-state index contributed by atoms with van der Waals surface area (Å²) in [6.45, 7) is 4.85. The van der Waals surface area contributed by atoms with E-state index in [2.05, 4.69) is 75.1 Å². The number of carbonyl (C=O) groups excluding carboxylic acids is 7. The average molecular weight is 741 g/mol. The van der Waals surface area contributed by atoms with Gasteiger partial charge in [0, 0.05) is 17.3 Å². The Bertz CT molecular complexity index is 1150. The fraction of sp³-hybridized carbons (Fsp3) is 0.704. The Hall–Kier alpha value is -3.27. The molecule has 0 aliphatic carbocycles. The Balaban J connectivity index is 5.34. The van der Waals surface area contributed by atoms with Crippen molar-refractivity contribution < 1.29 is 48.6 Å². The molecule has 7 amide bonds. The Kier molecular flexibility index (Phi) is 21.6. The predicted octanol–water partition coefficient (Wildman–Crippen LogP) is -4.46. The van der Waals surface area contributed by atoms with Gasteiger partial charge in [0.25, 0.3) is 0 Å². The van der Waals surface area contributed by atoms with Crippen molar-refractivity contribution in [2.75, 3.05) is 37.0 Å². The first-order chi connectivity index (χ1) is 22.4. The standard InChI is InChI=1S/C27H48N8O10S3/c1-12(2)5-14(23(40)34-18(11-48)27(44)45)32-24(41)16(9-46)31-20(38)7-29-22(39)15(8-36)33-26(43)21(13(3)4)35-25(42)17(10-47)30-19(37)6-28/h12-18,21,36,46-48H,5-11,28H2,1-4H3,(H,29,39)(H,30,37)(H,31,38)(H,32,41)(H,33,43)(H,34,40)(H,35,42)(H,44,45)/t14-,15-,16-,17-,18-,21-/m0/s1. The number of nitrogens with one attached hydrogen (secondary N) is 7. The van der Waals surface area contributed by atoms with Gasteiger partial charge in [-0.05, 0) is 18.3 Å². The number of thiol groups is 3. The van der Waals surface area contributed by atoms with Crippen molar-refractivity contribution in [3.63, 3.8) is 0 Å². The number of aliphatic carboxylic acids is 1. The molecule has 0 fully saturated rings. The fourth-order valence-electron chi connectivity index (χ4n) is 3.85. The van der Waals surface area contributed by atoms with Crippen LogP contribution in [0.15, 0.2) is 0 Å². The molecule has 0 spiro atoms. The van der Waals surface area contributed by atoms with Crippen LogP contribution in [-0.4, -0.2) is 131 Å². The molecule has 0 unspecified atom stereocenters. The second-order valence-electron chi connectivity index (χ2n) is 11.3. The van der Waals surface area contributed by atoms with Crippen LogP contribution in [0, 0.1) is 11.8 Å². The maximum Gasteiger partial charge on any atom is 0.327 e. The first kappa shape index (κ1) is 44.7. The minimum Gasteiger partial charge on any atom is -0.480 e. The largest absolute Gasteiger partial charge is 0.480 e. The zero-order valence-electron chi connectivity index (χ0n) is 27.1. The molecule has 0 saturated carbocycles. The third-order valence-electron chi connectivity index (χ3n) is 6.48. The average Bonchev–Trinajstić information content (AvgIpc) is 3.03. The summed E-state index contributed by atoms with van der Waals surface area (Å²) in [4.78, 5) is 99.4. The zero-order valence-corrected chi connectivity index (χ0v) is 29.8. The quantitative estimate of drug-likeness (QED) is 0.0470. The Labute approximate surface area is 295 Å². The number of aliphatic hydroxyl groups is 1. The number of nitrogens with two attached hydrogens (primary N) is 1. The van der Waals surface area contributed by atoms with E-state index in [1.165, 1.54) is 0 Å². The van der Waals surface area contributed by atoms with E-state index in [-0.39, 0.29) is 36.1 Å². The lowest BCUT2D eigenvalue weighted by atomic mass is 10.0. The molecule has 48 heavy (non-hydrogen) atoms. The SMILES string of the molecule is CC(C)C[C@H](NC(=O)[C@H](CS)NC(=O)CNC(=O)[C@H](CO)NC(=O)[C@@H](NC(=O)[C@H](CS)NC(=O)CN)C(C)C)C(=O)N[C@@H](CS)C(=O)O. The Morgan fingerprint density at radius 1 is 0.604 bits per heavy atom. The molecule has 11 N–H and O–H groups in total. The van der Waals surface area contributed by atoms with Crippen molar-refractivity contribution in [2.45, 2.75) is 70.4 Å². The Morgan fingerprint density at radius 2 is 1.06 bits per heavy atom. The van der Waals surface area contributed by atoms with Gasteiger partial charge in [0.1, 0.15) is 36.3 Å². The number of carboxylic acid groups (broad SMARTS) is 1. The zero-order chi connectivity index (χ0) is 37.1. The van der Waals surface area contributed by atoms with Crippen molar-refractivity contribution in [1.82, 2.24) is 37.2 Å². The number of hydrogen-bond donors (Lipinski definition) is 13. The summed E-state index contributed by atoms with van der Waals surface area (Å²) >= 11 is 12.0. The van der Waals surface area contributed by atoms with Crippen molar-refractivity contribution in [1.29, 1.82) is 0 Å². The molecule has 0 radical (unpaired) electrons.